The summed E-state index contributed by atoms with van der Waals surface area (Å²) in [6.45, 7) is 0.895. The zero-order valence-corrected chi connectivity index (χ0v) is 15.1. The molecule has 2 amide bonds. The number of aromatic nitrogens is 1. The van der Waals surface area contributed by atoms with Crippen LogP contribution in [0.5, 0.6) is 11.5 Å². The van der Waals surface area contributed by atoms with Crippen LogP contribution in [-0.4, -0.2) is 64.0 Å². The highest BCUT2D eigenvalue weighted by molar-refractivity contribution is 6.30. The number of fused-ring (bicyclic) bond motifs is 5. The molecule has 7 nitrogen and oxygen atoms in total. The van der Waals surface area contributed by atoms with Crippen LogP contribution in [0.2, 0.25) is 0 Å². The Morgan fingerprint density at radius 2 is 1.73 bits per heavy atom. The molecule has 0 fully saturated rings. The molecule has 4 rings (SSSR count). The minimum Gasteiger partial charge on any atom is -0.504 e. The number of aromatic amines is 1. The molecular weight excluding hydrogens is 358 g/mol. The van der Waals surface area contributed by atoms with Gasteiger partial charge in [-0.1, -0.05) is 0 Å². The van der Waals surface area contributed by atoms with Gasteiger partial charge in [0, 0.05) is 35.4 Å². The number of imide groups is 1. The van der Waals surface area contributed by atoms with Crippen molar-refractivity contribution >= 4 is 46.0 Å². The molecule has 0 radical (unpaired) electrons. The van der Waals surface area contributed by atoms with Crippen LogP contribution >= 0.6 is 12.4 Å². The number of carbonyl (C=O) groups is 2. The summed E-state index contributed by atoms with van der Waals surface area (Å²) in [4.78, 5) is 31.8. The van der Waals surface area contributed by atoms with Crippen LogP contribution in [0.1, 0.15) is 20.7 Å². The maximum atomic E-state index is 12.9. The van der Waals surface area contributed by atoms with Crippen molar-refractivity contribution in [1.29, 1.82) is 0 Å². The minimum absolute atomic E-state index is 0. The van der Waals surface area contributed by atoms with Crippen LogP contribution in [0.4, 0.5) is 0 Å². The molecule has 0 bridgehead atoms. The number of phenolic OH excluding ortho intramolecular Hbond substituents is 2. The number of rotatable bonds is 3. The van der Waals surface area contributed by atoms with Crippen molar-refractivity contribution in [2.24, 2.45) is 0 Å². The normalized spacial score (nSPS) is 13.7. The van der Waals surface area contributed by atoms with E-state index in [1.54, 1.807) is 12.1 Å². The summed E-state index contributed by atoms with van der Waals surface area (Å²) in [5.41, 5.74) is 1.97. The highest BCUT2D eigenvalue weighted by atomic mass is 35.5. The van der Waals surface area contributed by atoms with Gasteiger partial charge in [0.25, 0.3) is 11.8 Å². The predicted octanol–water partition coefficient (Wildman–Crippen LogP) is 2.31. The molecule has 1 aliphatic rings. The number of aromatic hydroxyl groups is 2. The third kappa shape index (κ3) is 2.48. The van der Waals surface area contributed by atoms with Crippen LogP contribution in [0, 0.1) is 0 Å². The average molecular weight is 376 g/mol. The molecular formula is C18H18ClN3O4. The fraction of sp³-hybridized carbons (Fsp3) is 0.222. The largest absolute Gasteiger partial charge is 0.504 e. The summed E-state index contributed by atoms with van der Waals surface area (Å²) in [5, 5.41) is 20.7. The fourth-order valence-corrected chi connectivity index (χ4v) is 3.29. The molecule has 0 saturated carbocycles. The van der Waals surface area contributed by atoms with Crippen LogP contribution < -0.4 is 0 Å². The first-order valence-corrected chi connectivity index (χ1v) is 7.89. The van der Waals surface area contributed by atoms with Gasteiger partial charge < -0.3 is 20.1 Å². The summed E-state index contributed by atoms with van der Waals surface area (Å²) in [7, 11) is 3.76. The molecule has 136 valence electrons. The number of hydrogen-bond acceptors (Lipinski definition) is 5. The quantitative estimate of drug-likeness (QED) is 0.482. The van der Waals surface area contributed by atoms with E-state index in [0.717, 1.165) is 0 Å². The van der Waals surface area contributed by atoms with Crippen LogP contribution in [-0.2, 0) is 0 Å². The Labute approximate surface area is 155 Å². The van der Waals surface area contributed by atoms with Crippen molar-refractivity contribution in [3.05, 3.63) is 35.4 Å². The molecule has 1 aliphatic heterocycles. The third-order valence-electron chi connectivity index (χ3n) is 4.56. The number of halogens is 1. The summed E-state index contributed by atoms with van der Waals surface area (Å²) in [5.74, 6) is -1.15. The maximum absolute atomic E-state index is 12.9. The number of carbonyl (C=O) groups excluding carboxylic acids is 2. The molecule has 3 aromatic rings. The molecule has 2 aromatic carbocycles. The smallest absolute Gasteiger partial charge is 0.262 e. The summed E-state index contributed by atoms with van der Waals surface area (Å²) >= 11 is 0. The fourth-order valence-electron chi connectivity index (χ4n) is 3.29. The topological polar surface area (TPSA) is 96.9 Å². The number of phenols is 2. The van der Waals surface area contributed by atoms with E-state index in [1.165, 1.54) is 17.0 Å². The van der Waals surface area contributed by atoms with Crippen molar-refractivity contribution in [3.8, 4) is 11.5 Å². The van der Waals surface area contributed by atoms with E-state index in [0.29, 0.717) is 46.0 Å². The number of nitrogens with zero attached hydrogens (tertiary/aromatic N) is 2. The monoisotopic (exact) mass is 375 g/mol. The van der Waals surface area contributed by atoms with Gasteiger partial charge in [-0.25, -0.2) is 0 Å². The van der Waals surface area contributed by atoms with Crippen molar-refractivity contribution in [1.82, 2.24) is 14.8 Å². The van der Waals surface area contributed by atoms with Gasteiger partial charge in [-0.2, -0.15) is 0 Å². The molecule has 26 heavy (non-hydrogen) atoms. The third-order valence-corrected chi connectivity index (χ3v) is 4.56. The summed E-state index contributed by atoms with van der Waals surface area (Å²) in [6, 6.07) is 6.19. The Balaban J connectivity index is 0.00000196. The van der Waals surface area contributed by atoms with Crippen LogP contribution in [0.3, 0.4) is 0 Å². The number of nitrogens with one attached hydrogen (secondary N) is 1. The molecule has 0 unspecified atom stereocenters. The van der Waals surface area contributed by atoms with E-state index < -0.39 is 0 Å². The van der Waals surface area contributed by atoms with Crippen molar-refractivity contribution < 1.29 is 19.8 Å². The second-order valence-corrected chi connectivity index (χ2v) is 6.49. The Kier molecular flexibility index (Phi) is 4.29. The number of likely N-dealkylation sites (N-methyl/N-ethyl adjacent to an activating group) is 1. The Morgan fingerprint density at radius 3 is 2.42 bits per heavy atom. The van der Waals surface area contributed by atoms with E-state index in [9.17, 15) is 19.8 Å². The van der Waals surface area contributed by atoms with Gasteiger partial charge >= 0.3 is 0 Å². The molecule has 3 N–H and O–H groups in total. The lowest BCUT2D eigenvalue weighted by atomic mass is 10.0. The van der Waals surface area contributed by atoms with E-state index in [4.69, 9.17) is 0 Å². The molecule has 2 heterocycles. The molecule has 0 atom stereocenters. The lowest BCUT2D eigenvalue weighted by molar-refractivity contribution is 0.0645. The molecule has 0 saturated heterocycles. The van der Waals surface area contributed by atoms with Crippen molar-refractivity contribution in [2.75, 3.05) is 27.2 Å². The first kappa shape index (κ1) is 18.0. The van der Waals surface area contributed by atoms with Crippen LogP contribution in [0.25, 0.3) is 21.8 Å². The molecule has 8 heteroatoms. The molecule has 0 aliphatic carbocycles. The van der Waals surface area contributed by atoms with Gasteiger partial charge in [0.2, 0.25) is 0 Å². The van der Waals surface area contributed by atoms with E-state index in [1.807, 2.05) is 19.0 Å². The van der Waals surface area contributed by atoms with Gasteiger partial charge in [0.05, 0.1) is 16.6 Å². The average Bonchev–Trinajstić information content (AvgIpc) is 3.02. The lowest BCUT2D eigenvalue weighted by Gasteiger charge is -2.16. The van der Waals surface area contributed by atoms with Crippen LogP contribution in [0.15, 0.2) is 24.3 Å². The highest BCUT2D eigenvalue weighted by Crippen LogP contribution is 2.39. The van der Waals surface area contributed by atoms with Gasteiger partial charge in [0.1, 0.15) is 0 Å². The number of H-pyrrole nitrogens is 1. The summed E-state index contributed by atoms with van der Waals surface area (Å²) < 4.78 is 0. The second-order valence-electron chi connectivity index (χ2n) is 6.49. The predicted molar refractivity (Wildman–Crippen MR) is 100 cm³/mol. The Bertz CT molecular complexity index is 1060. The Morgan fingerprint density at radius 1 is 1.04 bits per heavy atom. The maximum Gasteiger partial charge on any atom is 0.262 e. The van der Waals surface area contributed by atoms with Gasteiger partial charge in [0.15, 0.2) is 11.5 Å². The zero-order valence-electron chi connectivity index (χ0n) is 14.2. The zero-order chi connectivity index (χ0) is 17.9. The Hall–Kier alpha value is -2.77. The van der Waals surface area contributed by atoms with Gasteiger partial charge in [-0.3, -0.25) is 14.5 Å². The van der Waals surface area contributed by atoms with E-state index in [2.05, 4.69) is 4.98 Å². The second kappa shape index (κ2) is 6.19. The number of benzene rings is 2. The van der Waals surface area contributed by atoms with E-state index >= 15 is 0 Å². The molecule has 0 spiro atoms. The highest BCUT2D eigenvalue weighted by Gasteiger charge is 2.37. The minimum atomic E-state index is -0.332. The first-order chi connectivity index (χ1) is 11.9. The van der Waals surface area contributed by atoms with E-state index in [-0.39, 0.29) is 35.7 Å². The number of hydrogen-bond donors (Lipinski definition) is 3. The standard InChI is InChI=1S/C18H17N3O4.ClH/c1-20(2)5-6-21-17(24)9-3-4-11-15(16(9)18(21)25)10-7-13(22)14(23)8-12(10)19-11;/h3-4,7-8,19,22-23H,5-6H2,1-2H3;1H. The SMILES string of the molecule is CN(C)CCN1C(=O)c2ccc3[nH]c4cc(O)c(O)cc4c3c2C1=O.Cl. The number of amides is 2. The van der Waals surface area contributed by atoms with Crippen molar-refractivity contribution in [3.63, 3.8) is 0 Å². The van der Waals surface area contributed by atoms with Crippen molar-refractivity contribution in [2.45, 2.75) is 0 Å². The first-order valence-electron chi connectivity index (χ1n) is 7.89. The van der Waals surface area contributed by atoms with Gasteiger partial charge in [-0.15, -0.1) is 12.4 Å². The summed E-state index contributed by atoms with van der Waals surface area (Å²) in [6.07, 6.45) is 0. The van der Waals surface area contributed by atoms with Gasteiger partial charge in [-0.05, 0) is 32.3 Å². The lowest BCUT2D eigenvalue weighted by Crippen LogP contribution is -2.35. The molecule has 1 aromatic heterocycles.